The molecule has 3 saturated carbocycles. The highest BCUT2D eigenvalue weighted by atomic mass is 79.9. The van der Waals surface area contributed by atoms with Crippen molar-refractivity contribution in [3.8, 4) is 0 Å². The van der Waals surface area contributed by atoms with Crippen molar-refractivity contribution in [3.05, 3.63) is 34.3 Å². The zero-order chi connectivity index (χ0) is 21.7. The second-order valence-electron chi connectivity index (χ2n) is 9.47. The maximum atomic E-state index is 13.0. The first-order chi connectivity index (χ1) is 14.9. The Balaban J connectivity index is 1.13. The van der Waals surface area contributed by atoms with E-state index in [0.717, 1.165) is 23.7 Å². The highest BCUT2D eigenvalue weighted by molar-refractivity contribution is 9.10. The fourth-order valence-corrected chi connectivity index (χ4v) is 6.60. The summed E-state index contributed by atoms with van der Waals surface area (Å²) >= 11 is 3.33. The van der Waals surface area contributed by atoms with Crippen LogP contribution in [0.2, 0.25) is 0 Å². The van der Waals surface area contributed by atoms with Crippen LogP contribution in [0.4, 0.5) is 0 Å². The van der Waals surface area contributed by atoms with Gasteiger partial charge >= 0.3 is 5.97 Å². The van der Waals surface area contributed by atoms with E-state index in [2.05, 4.69) is 15.9 Å². The van der Waals surface area contributed by atoms with Crippen molar-refractivity contribution >= 4 is 39.5 Å². The van der Waals surface area contributed by atoms with Gasteiger partial charge in [0.1, 0.15) is 0 Å². The third kappa shape index (κ3) is 3.65. The van der Waals surface area contributed by atoms with E-state index in [9.17, 15) is 19.2 Å². The van der Waals surface area contributed by atoms with Gasteiger partial charge in [-0.15, -0.1) is 0 Å². The van der Waals surface area contributed by atoms with Crippen molar-refractivity contribution in [2.75, 3.05) is 6.61 Å². The van der Waals surface area contributed by atoms with Crippen LogP contribution >= 0.6 is 15.9 Å². The normalized spacial score (nSPS) is 34.2. The molecular formula is C24H26BrNO5. The van der Waals surface area contributed by atoms with Crippen LogP contribution < -0.4 is 0 Å². The van der Waals surface area contributed by atoms with Gasteiger partial charge in [-0.25, -0.2) is 0 Å². The molecule has 0 radical (unpaired) electrons. The van der Waals surface area contributed by atoms with E-state index in [-0.39, 0.29) is 54.0 Å². The van der Waals surface area contributed by atoms with E-state index < -0.39 is 0 Å². The molecule has 1 aromatic carbocycles. The molecule has 1 heterocycles. The lowest BCUT2D eigenvalue weighted by Gasteiger charge is -2.33. The van der Waals surface area contributed by atoms with E-state index in [1.165, 1.54) is 0 Å². The monoisotopic (exact) mass is 487 g/mol. The molecule has 31 heavy (non-hydrogen) atoms. The van der Waals surface area contributed by atoms with Gasteiger partial charge in [0.25, 0.3) is 0 Å². The van der Waals surface area contributed by atoms with Crippen molar-refractivity contribution < 1.29 is 23.9 Å². The topological polar surface area (TPSA) is 80.8 Å². The minimum atomic E-state index is -0.363. The molecule has 5 rings (SSSR count). The Hall–Kier alpha value is -2.02. The molecule has 0 aromatic heterocycles. The summed E-state index contributed by atoms with van der Waals surface area (Å²) < 4.78 is 6.16. The van der Waals surface area contributed by atoms with Gasteiger partial charge in [-0.1, -0.05) is 28.1 Å². The molecule has 4 aliphatic rings. The van der Waals surface area contributed by atoms with Gasteiger partial charge in [0.15, 0.2) is 12.4 Å². The number of hydrogen-bond donors (Lipinski definition) is 0. The summed E-state index contributed by atoms with van der Waals surface area (Å²) in [6.07, 6.45) is 5.62. The average molecular weight is 488 g/mol. The Morgan fingerprint density at radius 2 is 1.48 bits per heavy atom. The third-order valence-electron chi connectivity index (χ3n) is 7.87. The molecular weight excluding hydrogens is 462 g/mol. The first kappa shape index (κ1) is 20.9. The maximum Gasteiger partial charge on any atom is 0.309 e. The number of fused-ring (bicyclic) bond motifs is 5. The summed E-state index contributed by atoms with van der Waals surface area (Å²) in [6, 6.07) is 6.83. The second kappa shape index (κ2) is 8.15. The lowest BCUT2D eigenvalue weighted by molar-refractivity contribution is -0.149. The number of carbonyl (C=O) groups is 4. The van der Waals surface area contributed by atoms with E-state index in [4.69, 9.17) is 4.74 Å². The number of esters is 1. The van der Waals surface area contributed by atoms with Crippen molar-refractivity contribution in [2.24, 2.45) is 29.6 Å². The number of carbonyl (C=O) groups excluding carboxylic acids is 4. The number of rotatable bonds is 5. The van der Waals surface area contributed by atoms with E-state index in [1.54, 1.807) is 29.2 Å². The van der Waals surface area contributed by atoms with Crippen molar-refractivity contribution in [1.29, 1.82) is 0 Å². The predicted molar refractivity (Wildman–Crippen MR) is 115 cm³/mol. The number of amides is 2. The van der Waals surface area contributed by atoms with Gasteiger partial charge in [-0.2, -0.15) is 0 Å². The van der Waals surface area contributed by atoms with Crippen LogP contribution in [0.1, 0.15) is 55.3 Å². The first-order valence-corrected chi connectivity index (χ1v) is 12.1. The van der Waals surface area contributed by atoms with Crippen molar-refractivity contribution in [2.45, 2.75) is 51.0 Å². The third-order valence-corrected chi connectivity index (χ3v) is 8.40. The maximum absolute atomic E-state index is 13.0. The molecule has 0 N–H and O–H groups in total. The molecule has 2 amide bonds. The fourth-order valence-electron chi connectivity index (χ4n) is 6.34. The average Bonchev–Trinajstić information content (AvgIpc) is 3.46. The quantitative estimate of drug-likeness (QED) is 0.358. The molecule has 0 spiro atoms. The highest BCUT2D eigenvalue weighted by Gasteiger charge is 2.61. The standard InChI is InChI=1S/C24H26BrNO5/c25-17-7-3-13(4-8-17)19(27)12-31-24(30)14-5-9-18(10-6-14)26-22(28)20-15-1-2-16(11-15)21(20)23(26)29/h3-4,7-8,14-16,18,20-21H,1-2,5-6,9-12H2/t14?,15-,16-,18?,20-,21+/m0/s1. The summed E-state index contributed by atoms with van der Waals surface area (Å²) in [5, 5.41) is 0. The molecule has 164 valence electrons. The molecule has 1 saturated heterocycles. The second-order valence-corrected chi connectivity index (χ2v) is 10.4. The number of Topliss-reactive ketones (excluding diaryl/α,β-unsaturated/α-hetero) is 1. The Labute approximate surface area is 189 Å². The molecule has 1 aromatic rings. The Morgan fingerprint density at radius 1 is 0.903 bits per heavy atom. The molecule has 3 aliphatic carbocycles. The summed E-state index contributed by atoms with van der Waals surface area (Å²) in [5.41, 5.74) is 0.505. The lowest BCUT2D eigenvalue weighted by Crippen LogP contribution is -2.44. The zero-order valence-corrected chi connectivity index (χ0v) is 18.9. The highest BCUT2D eigenvalue weighted by Crippen LogP contribution is 2.56. The minimum absolute atomic E-state index is 0.0355. The SMILES string of the molecule is O=C(COC(=O)C1CCC(N2C(=O)[C@@H]3[C@H]4CC[C@@H](C4)[C@@H]3C2=O)CC1)c1ccc(Br)cc1. The summed E-state index contributed by atoms with van der Waals surface area (Å²) in [6.45, 7) is -0.268. The van der Waals surface area contributed by atoms with Crippen LogP contribution in [0.3, 0.4) is 0 Å². The number of ether oxygens (including phenoxy) is 1. The first-order valence-electron chi connectivity index (χ1n) is 11.3. The number of likely N-dealkylation sites (tertiary alicyclic amines) is 1. The number of benzene rings is 1. The van der Waals surface area contributed by atoms with E-state index in [1.807, 2.05) is 0 Å². The molecule has 7 heteroatoms. The van der Waals surface area contributed by atoms with Gasteiger partial charge < -0.3 is 4.74 Å². The zero-order valence-electron chi connectivity index (χ0n) is 17.3. The molecule has 4 fully saturated rings. The van der Waals surface area contributed by atoms with Gasteiger partial charge in [-0.3, -0.25) is 24.1 Å². The number of hydrogen-bond acceptors (Lipinski definition) is 5. The number of nitrogens with zero attached hydrogens (tertiary/aromatic N) is 1. The van der Waals surface area contributed by atoms with Crippen molar-refractivity contribution in [3.63, 3.8) is 0 Å². The van der Waals surface area contributed by atoms with Crippen LogP contribution in [-0.2, 0) is 19.1 Å². The van der Waals surface area contributed by atoms with Crippen LogP contribution in [0, 0.1) is 29.6 Å². The molecule has 0 unspecified atom stereocenters. The molecule has 6 nitrogen and oxygen atoms in total. The van der Waals surface area contributed by atoms with Crippen molar-refractivity contribution in [1.82, 2.24) is 4.90 Å². The molecule has 1 aliphatic heterocycles. The number of ketones is 1. The Kier molecular flexibility index (Phi) is 5.49. The minimum Gasteiger partial charge on any atom is -0.457 e. The summed E-state index contributed by atoms with van der Waals surface area (Å²) in [4.78, 5) is 52.3. The van der Waals surface area contributed by atoms with E-state index >= 15 is 0 Å². The van der Waals surface area contributed by atoms with E-state index in [0.29, 0.717) is 43.1 Å². The summed E-state index contributed by atoms with van der Waals surface area (Å²) in [5.74, 6) is -0.185. The van der Waals surface area contributed by atoms with Gasteiger partial charge in [0.05, 0.1) is 17.8 Å². The van der Waals surface area contributed by atoms with Crippen LogP contribution in [0.5, 0.6) is 0 Å². The smallest absolute Gasteiger partial charge is 0.309 e. The van der Waals surface area contributed by atoms with Gasteiger partial charge in [-0.05, 0) is 68.9 Å². The lowest BCUT2D eigenvalue weighted by atomic mass is 9.81. The number of imide groups is 1. The van der Waals surface area contributed by atoms with Crippen LogP contribution in [0.25, 0.3) is 0 Å². The predicted octanol–water partition coefficient (Wildman–Crippen LogP) is 3.76. The Morgan fingerprint density at radius 3 is 2.06 bits per heavy atom. The fraction of sp³-hybridized carbons (Fsp3) is 0.583. The van der Waals surface area contributed by atoms with Gasteiger partial charge in [0.2, 0.25) is 11.8 Å². The van der Waals surface area contributed by atoms with Gasteiger partial charge in [0, 0.05) is 16.1 Å². The number of halogens is 1. The molecule has 2 bridgehead atoms. The molecule has 4 atom stereocenters. The van der Waals surface area contributed by atoms with Crippen LogP contribution in [0.15, 0.2) is 28.7 Å². The summed E-state index contributed by atoms with van der Waals surface area (Å²) in [7, 11) is 0. The Bertz CT molecular complexity index is 892. The largest absolute Gasteiger partial charge is 0.457 e. The van der Waals surface area contributed by atoms with Crippen LogP contribution in [-0.4, -0.2) is 41.1 Å².